The second-order valence-corrected chi connectivity index (χ2v) is 6.11. The van der Waals surface area contributed by atoms with Crippen molar-refractivity contribution in [1.29, 1.82) is 0 Å². The molecule has 1 unspecified atom stereocenters. The Morgan fingerprint density at radius 2 is 2.21 bits per heavy atom. The number of rotatable bonds is 5. The molecule has 1 atom stereocenters. The Morgan fingerprint density at radius 3 is 2.89 bits per heavy atom. The predicted molar refractivity (Wildman–Crippen MR) is 79.7 cm³/mol. The lowest BCUT2D eigenvalue weighted by atomic mass is 10.2. The van der Waals surface area contributed by atoms with Crippen molar-refractivity contribution in [3.8, 4) is 10.6 Å². The highest BCUT2D eigenvalue weighted by Gasteiger charge is 2.13. The van der Waals surface area contributed by atoms with Crippen LogP contribution in [0.3, 0.4) is 0 Å². The van der Waals surface area contributed by atoms with E-state index in [0.29, 0.717) is 4.47 Å². The van der Waals surface area contributed by atoms with Gasteiger partial charge in [0.1, 0.15) is 15.8 Å². The van der Waals surface area contributed by atoms with Gasteiger partial charge in [-0.05, 0) is 54.0 Å². The summed E-state index contributed by atoms with van der Waals surface area (Å²) in [7, 11) is 0. The molecule has 0 fully saturated rings. The summed E-state index contributed by atoms with van der Waals surface area (Å²) in [4.78, 5) is 0. The van der Waals surface area contributed by atoms with E-state index in [9.17, 15) is 4.39 Å². The minimum atomic E-state index is -0.272. The maximum Gasteiger partial charge on any atom is 0.147 e. The summed E-state index contributed by atoms with van der Waals surface area (Å²) in [6, 6.07) is 5.06. The van der Waals surface area contributed by atoms with Gasteiger partial charge in [0, 0.05) is 5.56 Å². The summed E-state index contributed by atoms with van der Waals surface area (Å²) in [5.74, 6) is -0.272. The molecule has 3 nitrogen and oxygen atoms in total. The molecule has 0 aliphatic heterocycles. The van der Waals surface area contributed by atoms with Crippen molar-refractivity contribution in [2.75, 3.05) is 6.54 Å². The van der Waals surface area contributed by atoms with Crippen LogP contribution in [-0.2, 0) is 0 Å². The van der Waals surface area contributed by atoms with Crippen molar-refractivity contribution in [3.05, 3.63) is 33.5 Å². The highest BCUT2D eigenvalue weighted by molar-refractivity contribution is 9.10. The maximum atomic E-state index is 13.2. The van der Waals surface area contributed by atoms with E-state index >= 15 is 0 Å². The summed E-state index contributed by atoms with van der Waals surface area (Å²) in [6.07, 6.45) is 1.08. The predicted octanol–water partition coefficient (Wildman–Crippen LogP) is 4.17. The van der Waals surface area contributed by atoms with E-state index in [4.69, 9.17) is 0 Å². The molecule has 1 aromatic carbocycles. The molecule has 1 N–H and O–H groups in total. The molecule has 6 heteroatoms. The first kappa shape index (κ1) is 14.6. The molecule has 0 spiro atoms. The lowest BCUT2D eigenvalue weighted by molar-refractivity contribution is 0.564. The fourth-order valence-electron chi connectivity index (χ4n) is 1.60. The van der Waals surface area contributed by atoms with Gasteiger partial charge in [0.25, 0.3) is 0 Å². The first-order valence-electron chi connectivity index (χ1n) is 6.14. The second kappa shape index (κ2) is 6.54. The third kappa shape index (κ3) is 3.58. The standard InChI is InChI=1S/C13H15BrFN3S/c1-3-6-16-8(2)12-17-18-13(19-12)9-4-5-11(15)10(14)7-9/h4-5,7-8,16H,3,6H2,1-2H3. The molecule has 0 aliphatic rings. The van der Waals surface area contributed by atoms with Gasteiger partial charge in [-0.1, -0.05) is 18.3 Å². The third-order valence-corrected chi connectivity index (χ3v) is 4.44. The molecule has 2 aromatic rings. The number of aromatic nitrogens is 2. The topological polar surface area (TPSA) is 37.8 Å². The van der Waals surface area contributed by atoms with Crippen LogP contribution >= 0.6 is 27.3 Å². The fraction of sp³-hybridized carbons (Fsp3) is 0.385. The van der Waals surface area contributed by atoms with E-state index in [-0.39, 0.29) is 11.9 Å². The second-order valence-electron chi connectivity index (χ2n) is 4.25. The Labute approximate surface area is 124 Å². The largest absolute Gasteiger partial charge is 0.308 e. The Hall–Kier alpha value is -0.850. The van der Waals surface area contributed by atoms with Crippen LogP contribution in [0.1, 0.15) is 31.3 Å². The van der Waals surface area contributed by atoms with Crippen LogP contribution in [-0.4, -0.2) is 16.7 Å². The van der Waals surface area contributed by atoms with Crippen molar-refractivity contribution in [1.82, 2.24) is 15.5 Å². The van der Waals surface area contributed by atoms with Gasteiger partial charge in [-0.2, -0.15) is 0 Å². The van der Waals surface area contributed by atoms with Gasteiger partial charge in [-0.3, -0.25) is 0 Å². The van der Waals surface area contributed by atoms with Crippen molar-refractivity contribution in [3.63, 3.8) is 0 Å². The molecule has 0 aliphatic carbocycles. The first-order valence-corrected chi connectivity index (χ1v) is 7.75. The summed E-state index contributed by atoms with van der Waals surface area (Å²) in [5.41, 5.74) is 0.875. The molecule has 1 heterocycles. The highest BCUT2D eigenvalue weighted by Crippen LogP contribution is 2.29. The maximum absolute atomic E-state index is 13.2. The van der Waals surface area contributed by atoms with Crippen molar-refractivity contribution >= 4 is 27.3 Å². The van der Waals surface area contributed by atoms with Gasteiger partial charge in [0.2, 0.25) is 0 Å². The Kier molecular flexibility index (Phi) is 5.01. The van der Waals surface area contributed by atoms with E-state index in [0.717, 1.165) is 28.5 Å². The lowest BCUT2D eigenvalue weighted by Crippen LogP contribution is -2.18. The van der Waals surface area contributed by atoms with Crippen molar-refractivity contribution < 1.29 is 4.39 Å². The Morgan fingerprint density at radius 1 is 1.42 bits per heavy atom. The number of nitrogens with one attached hydrogen (secondary N) is 1. The zero-order chi connectivity index (χ0) is 13.8. The number of benzene rings is 1. The summed E-state index contributed by atoms with van der Waals surface area (Å²) < 4.78 is 13.6. The highest BCUT2D eigenvalue weighted by atomic mass is 79.9. The zero-order valence-electron chi connectivity index (χ0n) is 10.8. The molecule has 0 amide bonds. The average Bonchev–Trinajstić information content (AvgIpc) is 2.89. The monoisotopic (exact) mass is 343 g/mol. The van der Waals surface area contributed by atoms with Crippen LogP contribution in [0.15, 0.2) is 22.7 Å². The van der Waals surface area contributed by atoms with Gasteiger partial charge in [-0.15, -0.1) is 10.2 Å². The number of halogens is 2. The molecular formula is C13H15BrFN3S. The van der Waals surface area contributed by atoms with E-state index in [2.05, 4.69) is 45.3 Å². The molecule has 2 rings (SSSR count). The average molecular weight is 344 g/mol. The van der Waals surface area contributed by atoms with Crippen molar-refractivity contribution in [2.24, 2.45) is 0 Å². The first-order chi connectivity index (χ1) is 9.11. The molecule has 1 aromatic heterocycles. The van der Waals surface area contributed by atoms with E-state index in [1.54, 1.807) is 12.1 Å². The SMILES string of the molecule is CCCNC(C)c1nnc(-c2ccc(F)c(Br)c2)s1. The summed E-state index contributed by atoms with van der Waals surface area (Å²) in [6.45, 7) is 5.15. The zero-order valence-corrected chi connectivity index (χ0v) is 13.2. The molecular weight excluding hydrogens is 329 g/mol. The fourth-order valence-corrected chi connectivity index (χ4v) is 2.85. The van der Waals surface area contributed by atoms with Crippen LogP contribution in [0.2, 0.25) is 0 Å². The van der Waals surface area contributed by atoms with Crippen molar-refractivity contribution in [2.45, 2.75) is 26.3 Å². The Bertz CT molecular complexity index is 559. The molecule has 0 saturated carbocycles. The van der Waals surface area contributed by atoms with Crippen LogP contribution in [0.5, 0.6) is 0 Å². The van der Waals surface area contributed by atoms with Crippen LogP contribution in [0.4, 0.5) is 4.39 Å². The number of nitrogens with zero attached hydrogens (tertiary/aromatic N) is 2. The van der Waals surface area contributed by atoms with Crippen LogP contribution < -0.4 is 5.32 Å². The van der Waals surface area contributed by atoms with Gasteiger partial charge < -0.3 is 5.32 Å². The molecule has 102 valence electrons. The molecule has 0 radical (unpaired) electrons. The van der Waals surface area contributed by atoms with Gasteiger partial charge in [0.05, 0.1) is 10.5 Å². The van der Waals surface area contributed by atoms with Crippen LogP contribution in [0, 0.1) is 5.82 Å². The summed E-state index contributed by atoms with van der Waals surface area (Å²) in [5, 5.41) is 13.5. The summed E-state index contributed by atoms with van der Waals surface area (Å²) >= 11 is 4.71. The Balaban J connectivity index is 2.18. The molecule has 0 saturated heterocycles. The molecule has 0 bridgehead atoms. The number of hydrogen-bond acceptors (Lipinski definition) is 4. The van der Waals surface area contributed by atoms with E-state index in [1.165, 1.54) is 17.4 Å². The normalized spacial score (nSPS) is 12.6. The minimum Gasteiger partial charge on any atom is -0.308 e. The molecule has 19 heavy (non-hydrogen) atoms. The smallest absolute Gasteiger partial charge is 0.147 e. The number of hydrogen-bond donors (Lipinski definition) is 1. The van der Waals surface area contributed by atoms with E-state index in [1.807, 2.05) is 0 Å². The van der Waals surface area contributed by atoms with Gasteiger partial charge >= 0.3 is 0 Å². The quantitative estimate of drug-likeness (QED) is 0.885. The third-order valence-electron chi connectivity index (χ3n) is 2.68. The lowest BCUT2D eigenvalue weighted by Gasteiger charge is -2.08. The van der Waals surface area contributed by atoms with E-state index < -0.39 is 0 Å². The van der Waals surface area contributed by atoms with Gasteiger partial charge in [-0.25, -0.2) is 4.39 Å². The van der Waals surface area contributed by atoms with Crippen LogP contribution in [0.25, 0.3) is 10.6 Å². The van der Waals surface area contributed by atoms with Gasteiger partial charge in [0.15, 0.2) is 0 Å². The minimum absolute atomic E-state index is 0.190.